The zero-order valence-corrected chi connectivity index (χ0v) is 8.62. The molecule has 0 atom stereocenters. The van der Waals surface area contributed by atoms with Gasteiger partial charge in [-0.25, -0.2) is 0 Å². The first-order valence-corrected chi connectivity index (χ1v) is 4.69. The van der Waals surface area contributed by atoms with Gasteiger partial charge in [0.1, 0.15) is 5.75 Å². The molecule has 0 saturated carbocycles. The van der Waals surface area contributed by atoms with E-state index < -0.39 is 0 Å². The summed E-state index contributed by atoms with van der Waals surface area (Å²) in [4.78, 5) is 0. The largest absolute Gasteiger partial charge is 0.467 e. The van der Waals surface area contributed by atoms with Crippen LogP contribution in [0.3, 0.4) is 0 Å². The van der Waals surface area contributed by atoms with E-state index >= 15 is 0 Å². The maximum atomic E-state index is 9.08. The highest BCUT2D eigenvalue weighted by molar-refractivity contribution is 5.36. The molecule has 3 nitrogen and oxygen atoms in total. The molecule has 3 heteroatoms. The lowest BCUT2D eigenvalue weighted by Crippen LogP contribution is -2.04. The van der Waals surface area contributed by atoms with E-state index in [-0.39, 0.29) is 13.4 Å². The summed E-state index contributed by atoms with van der Waals surface area (Å²) >= 11 is 0. The van der Waals surface area contributed by atoms with Crippen LogP contribution in [0.4, 0.5) is 0 Å². The lowest BCUT2D eigenvalue weighted by Gasteiger charge is -2.10. The van der Waals surface area contributed by atoms with Crippen LogP contribution in [0.1, 0.15) is 18.1 Å². The lowest BCUT2D eigenvalue weighted by atomic mass is 10.1. The van der Waals surface area contributed by atoms with Crippen molar-refractivity contribution in [3.8, 4) is 5.75 Å². The molecule has 0 unspecified atom stereocenters. The van der Waals surface area contributed by atoms with Crippen molar-refractivity contribution < 1.29 is 14.6 Å². The molecule has 78 valence electrons. The van der Waals surface area contributed by atoms with Crippen molar-refractivity contribution in [2.75, 3.05) is 13.4 Å². The van der Waals surface area contributed by atoms with Gasteiger partial charge in [-0.3, -0.25) is 0 Å². The number of aliphatic hydroxyl groups is 1. The first-order chi connectivity index (χ1) is 6.77. The van der Waals surface area contributed by atoms with Crippen molar-refractivity contribution >= 4 is 0 Å². The average molecular weight is 196 g/mol. The fourth-order valence-corrected chi connectivity index (χ4v) is 1.16. The van der Waals surface area contributed by atoms with E-state index in [0.29, 0.717) is 12.4 Å². The maximum Gasteiger partial charge on any atom is 0.189 e. The van der Waals surface area contributed by atoms with Crippen molar-refractivity contribution in [2.24, 2.45) is 0 Å². The summed E-state index contributed by atoms with van der Waals surface area (Å²) < 4.78 is 10.4. The van der Waals surface area contributed by atoms with Gasteiger partial charge in [-0.05, 0) is 19.9 Å². The zero-order valence-electron chi connectivity index (χ0n) is 8.62. The summed E-state index contributed by atoms with van der Waals surface area (Å²) in [6.45, 7) is 4.73. The van der Waals surface area contributed by atoms with Gasteiger partial charge >= 0.3 is 0 Å². The van der Waals surface area contributed by atoms with Crippen molar-refractivity contribution in [2.45, 2.75) is 20.5 Å². The Kier molecular flexibility index (Phi) is 4.43. The summed E-state index contributed by atoms with van der Waals surface area (Å²) in [6.07, 6.45) is 0. The Morgan fingerprint density at radius 3 is 2.79 bits per heavy atom. The molecule has 0 saturated heterocycles. The van der Waals surface area contributed by atoms with Gasteiger partial charge < -0.3 is 14.6 Å². The topological polar surface area (TPSA) is 38.7 Å². The fourth-order valence-electron chi connectivity index (χ4n) is 1.16. The Morgan fingerprint density at radius 1 is 1.36 bits per heavy atom. The fraction of sp³-hybridized carbons (Fsp3) is 0.455. The highest BCUT2D eigenvalue weighted by atomic mass is 16.7. The van der Waals surface area contributed by atoms with Crippen LogP contribution in [0.25, 0.3) is 0 Å². The third-order valence-electron chi connectivity index (χ3n) is 1.89. The Hall–Kier alpha value is -1.06. The van der Waals surface area contributed by atoms with Crippen molar-refractivity contribution in [1.29, 1.82) is 0 Å². The molecule has 0 aliphatic rings. The molecular formula is C11H16O3. The molecule has 0 radical (unpaired) electrons. The average Bonchev–Trinajstić information content (AvgIpc) is 2.20. The standard InChI is InChI=1S/C11H16O3/c1-3-13-8-14-11-5-4-9(2)6-10(11)7-12/h4-6,12H,3,7-8H2,1-2H3. The second-order valence-electron chi connectivity index (χ2n) is 3.02. The number of aryl methyl sites for hydroxylation is 1. The number of ether oxygens (including phenoxy) is 2. The van der Waals surface area contributed by atoms with E-state index in [4.69, 9.17) is 14.6 Å². The molecule has 0 bridgehead atoms. The van der Waals surface area contributed by atoms with E-state index in [0.717, 1.165) is 11.1 Å². The second kappa shape index (κ2) is 5.62. The Labute approximate surface area is 84.3 Å². The quantitative estimate of drug-likeness (QED) is 0.577. The predicted molar refractivity (Wildman–Crippen MR) is 54.2 cm³/mol. The number of hydrogen-bond acceptors (Lipinski definition) is 3. The van der Waals surface area contributed by atoms with Crippen LogP contribution in [0.5, 0.6) is 5.75 Å². The van der Waals surface area contributed by atoms with Gasteiger partial charge in [0, 0.05) is 12.2 Å². The van der Waals surface area contributed by atoms with Crippen LogP contribution in [0.15, 0.2) is 18.2 Å². The highest BCUT2D eigenvalue weighted by Crippen LogP contribution is 2.19. The van der Waals surface area contributed by atoms with Crippen LogP contribution < -0.4 is 4.74 Å². The van der Waals surface area contributed by atoms with Gasteiger partial charge in [0.25, 0.3) is 0 Å². The van der Waals surface area contributed by atoms with Crippen LogP contribution in [0, 0.1) is 6.92 Å². The summed E-state index contributed by atoms with van der Waals surface area (Å²) in [7, 11) is 0. The molecule has 1 N–H and O–H groups in total. The van der Waals surface area contributed by atoms with Gasteiger partial charge in [-0.1, -0.05) is 17.7 Å². The second-order valence-corrected chi connectivity index (χ2v) is 3.02. The molecule has 0 spiro atoms. The van der Waals surface area contributed by atoms with E-state index in [2.05, 4.69) is 0 Å². The monoisotopic (exact) mass is 196 g/mol. The molecule has 14 heavy (non-hydrogen) atoms. The molecular weight excluding hydrogens is 180 g/mol. The SMILES string of the molecule is CCOCOc1ccc(C)cc1CO. The van der Waals surface area contributed by atoms with E-state index in [1.165, 1.54) is 0 Å². The van der Waals surface area contributed by atoms with E-state index in [1.807, 2.05) is 32.0 Å². The molecule has 0 aliphatic carbocycles. The molecule has 1 aromatic carbocycles. The summed E-state index contributed by atoms with van der Waals surface area (Å²) in [5.41, 5.74) is 1.91. The van der Waals surface area contributed by atoms with Crippen LogP contribution in [-0.2, 0) is 11.3 Å². The minimum atomic E-state index is -0.0108. The third kappa shape index (κ3) is 3.01. The molecule has 0 aromatic heterocycles. The van der Waals surface area contributed by atoms with Crippen LogP contribution in [0.2, 0.25) is 0 Å². The summed E-state index contributed by atoms with van der Waals surface area (Å²) in [6, 6.07) is 5.70. The smallest absolute Gasteiger partial charge is 0.189 e. The first kappa shape index (κ1) is 11.0. The van der Waals surface area contributed by atoms with Crippen molar-refractivity contribution in [3.63, 3.8) is 0 Å². The van der Waals surface area contributed by atoms with Gasteiger partial charge in [-0.15, -0.1) is 0 Å². The molecule has 0 aliphatic heterocycles. The zero-order chi connectivity index (χ0) is 10.4. The highest BCUT2D eigenvalue weighted by Gasteiger charge is 2.02. The maximum absolute atomic E-state index is 9.08. The Morgan fingerprint density at radius 2 is 2.14 bits per heavy atom. The van der Waals surface area contributed by atoms with E-state index in [1.54, 1.807) is 0 Å². The van der Waals surface area contributed by atoms with E-state index in [9.17, 15) is 0 Å². The Balaban J connectivity index is 2.65. The van der Waals surface area contributed by atoms with Gasteiger partial charge in [0.05, 0.1) is 6.61 Å². The molecule has 0 heterocycles. The van der Waals surface area contributed by atoms with Crippen LogP contribution in [-0.4, -0.2) is 18.5 Å². The third-order valence-corrected chi connectivity index (χ3v) is 1.89. The molecule has 1 aromatic rings. The predicted octanol–water partition coefficient (Wildman–Crippen LogP) is 1.86. The van der Waals surface area contributed by atoms with Crippen molar-refractivity contribution in [1.82, 2.24) is 0 Å². The van der Waals surface area contributed by atoms with Gasteiger partial charge in [0.2, 0.25) is 0 Å². The Bertz CT molecular complexity index is 284. The van der Waals surface area contributed by atoms with Gasteiger partial charge in [0.15, 0.2) is 6.79 Å². The number of benzene rings is 1. The van der Waals surface area contributed by atoms with Crippen molar-refractivity contribution in [3.05, 3.63) is 29.3 Å². The molecule has 1 rings (SSSR count). The number of aliphatic hydroxyl groups excluding tert-OH is 1. The normalized spacial score (nSPS) is 10.2. The minimum Gasteiger partial charge on any atom is -0.467 e. The minimum absolute atomic E-state index is 0.0108. The first-order valence-electron chi connectivity index (χ1n) is 4.69. The van der Waals surface area contributed by atoms with Crippen LogP contribution >= 0.6 is 0 Å². The summed E-state index contributed by atoms with van der Waals surface area (Å²) in [5, 5.41) is 9.08. The summed E-state index contributed by atoms with van der Waals surface area (Å²) in [5.74, 6) is 0.687. The number of hydrogen-bond donors (Lipinski definition) is 1. The van der Waals surface area contributed by atoms with Gasteiger partial charge in [-0.2, -0.15) is 0 Å². The number of rotatable bonds is 5. The molecule has 0 amide bonds. The lowest BCUT2D eigenvalue weighted by molar-refractivity contribution is 0.0212. The molecule has 0 fully saturated rings.